The predicted octanol–water partition coefficient (Wildman–Crippen LogP) is 4.46. The molecule has 222 valence electrons. The zero-order chi connectivity index (χ0) is 30.1. The largest absolute Gasteiger partial charge is 0.496 e. The first-order valence-electron chi connectivity index (χ1n) is 14.2. The van der Waals surface area contributed by atoms with Crippen LogP contribution in [0.4, 0.5) is 10.2 Å². The standard InChI is InChI=1S/C33H33FN4O5/c1-19-4-5-21-13-29(19)42-18-32(39)35-16-22-6-8-24(15-30(22)41-3)43-28-10-11-38(17-27(28)37-33(21)40)31-12-20(2)25-9-7-23(34)14-26(25)36-31/h4-9,12-15,27-28H,10-11,16-18H2,1-3H3,(H,35,39)(H,37,40)/t27-,28+/m0/s1. The lowest BCUT2D eigenvalue weighted by Gasteiger charge is -2.39. The SMILES string of the molecule is COc1cc2ccc1CNC(=O)COc1cc(ccc1C)C(=O)N[C@H]1CN(c3cc(C)c4ccc(F)cc4n3)CC[C@H]1O2. The maximum absolute atomic E-state index is 14.0. The van der Waals surface area contributed by atoms with Crippen LogP contribution in [-0.2, 0) is 11.3 Å². The molecule has 1 aromatic heterocycles. The summed E-state index contributed by atoms with van der Waals surface area (Å²) in [6.45, 7) is 4.94. The number of fused-ring (bicyclic) bond motifs is 8. The van der Waals surface area contributed by atoms with E-state index in [2.05, 4.69) is 15.5 Å². The number of benzene rings is 3. The van der Waals surface area contributed by atoms with Crippen molar-refractivity contribution in [3.05, 3.63) is 88.7 Å². The summed E-state index contributed by atoms with van der Waals surface area (Å²) in [6, 6.07) is 16.8. The summed E-state index contributed by atoms with van der Waals surface area (Å²) in [5.41, 5.74) is 3.57. The van der Waals surface area contributed by atoms with Crippen molar-refractivity contribution in [3.8, 4) is 17.2 Å². The molecule has 4 bridgehead atoms. The Morgan fingerprint density at radius 3 is 2.72 bits per heavy atom. The molecule has 0 radical (unpaired) electrons. The van der Waals surface area contributed by atoms with Gasteiger partial charge in [-0.3, -0.25) is 9.59 Å². The van der Waals surface area contributed by atoms with E-state index >= 15 is 0 Å². The van der Waals surface area contributed by atoms with E-state index in [4.69, 9.17) is 19.2 Å². The Hall–Kier alpha value is -4.86. The molecule has 10 heteroatoms. The second-order valence-electron chi connectivity index (χ2n) is 10.9. The number of ether oxygens (including phenoxy) is 3. The van der Waals surface area contributed by atoms with E-state index in [-0.39, 0.29) is 36.9 Å². The number of piperidine rings is 1. The van der Waals surface area contributed by atoms with Crippen molar-refractivity contribution >= 4 is 28.5 Å². The van der Waals surface area contributed by atoms with Gasteiger partial charge in [-0.2, -0.15) is 0 Å². The van der Waals surface area contributed by atoms with Crippen molar-refractivity contribution in [2.45, 2.75) is 39.0 Å². The number of methoxy groups -OCH3 is 1. The van der Waals surface area contributed by atoms with Gasteiger partial charge in [0.05, 0.1) is 18.7 Å². The Morgan fingerprint density at radius 1 is 1.02 bits per heavy atom. The topological polar surface area (TPSA) is 102 Å². The number of carbonyl (C=O) groups is 2. The smallest absolute Gasteiger partial charge is 0.258 e. The van der Waals surface area contributed by atoms with Crippen LogP contribution in [0, 0.1) is 19.7 Å². The van der Waals surface area contributed by atoms with E-state index < -0.39 is 6.04 Å². The van der Waals surface area contributed by atoms with Crippen LogP contribution in [0.1, 0.15) is 33.5 Å². The average molecular weight is 585 g/mol. The fourth-order valence-electron chi connectivity index (χ4n) is 5.59. The molecule has 2 N–H and O–H groups in total. The van der Waals surface area contributed by atoms with Crippen LogP contribution in [0.2, 0.25) is 0 Å². The van der Waals surface area contributed by atoms with Gasteiger partial charge in [-0.15, -0.1) is 0 Å². The summed E-state index contributed by atoms with van der Waals surface area (Å²) in [5.74, 6) is 1.39. The Bertz CT molecular complexity index is 1710. The number of aryl methyl sites for hydroxylation is 2. The number of anilines is 1. The minimum Gasteiger partial charge on any atom is -0.496 e. The van der Waals surface area contributed by atoms with Crippen LogP contribution in [-0.4, -0.2) is 55.8 Å². The highest BCUT2D eigenvalue weighted by Crippen LogP contribution is 2.30. The normalized spacial score (nSPS) is 19.0. The molecule has 9 nitrogen and oxygen atoms in total. The molecule has 2 amide bonds. The number of amides is 2. The number of aromatic nitrogens is 1. The molecule has 43 heavy (non-hydrogen) atoms. The summed E-state index contributed by atoms with van der Waals surface area (Å²) in [4.78, 5) is 33.0. The molecule has 0 saturated carbocycles. The van der Waals surface area contributed by atoms with Gasteiger partial charge in [0.2, 0.25) is 0 Å². The third-order valence-corrected chi connectivity index (χ3v) is 7.99. The molecular weight excluding hydrogens is 551 g/mol. The molecule has 4 heterocycles. The predicted molar refractivity (Wildman–Crippen MR) is 160 cm³/mol. The first-order valence-corrected chi connectivity index (χ1v) is 14.2. The summed E-state index contributed by atoms with van der Waals surface area (Å²) in [6.07, 6.45) is 0.237. The number of carbonyl (C=O) groups excluding carboxylic acids is 2. The fourth-order valence-corrected chi connectivity index (χ4v) is 5.59. The average Bonchev–Trinajstić information content (AvgIpc) is 3.00. The molecule has 7 rings (SSSR count). The van der Waals surface area contributed by atoms with E-state index in [0.29, 0.717) is 53.7 Å². The molecule has 0 unspecified atom stereocenters. The van der Waals surface area contributed by atoms with Crippen molar-refractivity contribution in [2.75, 3.05) is 31.7 Å². The zero-order valence-electron chi connectivity index (χ0n) is 24.3. The maximum atomic E-state index is 14.0. The van der Waals surface area contributed by atoms with E-state index in [0.717, 1.165) is 22.1 Å². The van der Waals surface area contributed by atoms with E-state index in [1.54, 1.807) is 37.4 Å². The van der Waals surface area contributed by atoms with E-state index in [1.165, 1.54) is 12.1 Å². The molecule has 0 aliphatic carbocycles. The van der Waals surface area contributed by atoms with Gasteiger partial charge in [-0.25, -0.2) is 9.37 Å². The van der Waals surface area contributed by atoms with Crippen molar-refractivity contribution in [3.63, 3.8) is 0 Å². The first kappa shape index (κ1) is 28.3. The lowest BCUT2D eigenvalue weighted by Crippen LogP contribution is -2.57. The van der Waals surface area contributed by atoms with Gasteiger partial charge in [0.25, 0.3) is 11.8 Å². The van der Waals surface area contributed by atoms with Gasteiger partial charge < -0.3 is 29.7 Å². The van der Waals surface area contributed by atoms with Gasteiger partial charge in [-0.05, 0) is 67.4 Å². The van der Waals surface area contributed by atoms with Gasteiger partial charge in [0.15, 0.2) is 6.61 Å². The highest BCUT2D eigenvalue weighted by Gasteiger charge is 2.33. The maximum Gasteiger partial charge on any atom is 0.258 e. The minimum atomic E-state index is -0.415. The van der Waals surface area contributed by atoms with Crippen LogP contribution >= 0.6 is 0 Å². The van der Waals surface area contributed by atoms with Crippen molar-refractivity contribution in [1.29, 1.82) is 0 Å². The zero-order valence-corrected chi connectivity index (χ0v) is 24.3. The van der Waals surface area contributed by atoms with Gasteiger partial charge in [-0.1, -0.05) is 6.07 Å². The molecular formula is C33H33FN4O5. The van der Waals surface area contributed by atoms with E-state index in [1.807, 2.05) is 32.0 Å². The summed E-state index contributed by atoms with van der Waals surface area (Å²) >= 11 is 0. The molecule has 1 fully saturated rings. The lowest BCUT2D eigenvalue weighted by atomic mass is 10.00. The highest BCUT2D eigenvalue weighted by atomic mass is 19.1. The molecule has 4 aromatic rings. The van der Waals surface area contributed by atoms with Crippen LogP contribution in [0.5, 0.6) is 17.2 Å². The molecule has 0 spiro atoms. The highest BCUT2D eigenvalue weighted by molar-refractivity contribution is 5.95. The number of nitrogens with zero attached hydrogens (tertiary/aromatic N) is 2. The Morgan fingerprint density at radius 2 is 1.88 bits per heavy atom. The fraction of sp³-hybridized carbons (Fsp3) is 0.303. The number of rotatable bonds is 2. The number of pyridine rings is 1. The third kappa shape index (κ3) is 6.04. The van der Waals surface area contributed by atoms with Crippen LogP contribution < -0.4 is 29.7 Å². The Labute approximate surface area is 249 Å². The van der Waals surface area contributed by atoms with Crippen LogP contribution in [0.3, 0.4) is 0 Å². The monoisotopic (exact) mass is 584 g/mol. The van der Waals surface area contributed by atoms with Gasteiger partial charge >= 0.3 is 0 Å². The summed E-state index contributed by atoms with van der Waals surface area (Å²) in [5, 5.41) is 6.92. The molecule has 3 aliphatic rings. The summed E-state index contributed by atoms with van der Waals surface area (Å²) < 4.78 is 31.9. The van der Waals surface area contributed by atoms with E-state index in [9.17, 15) is 14.0 Å². The number of hydrogen-bond acceptors (Lipinski definition) is 7. The van der Waals surface area contributed by atoms with Crippen molar-refractivity contribution in [2.24, 2.45) is 0 Å². The Balaban J connectivity index is 1.35. The number of nitrogens with one attached hydrogen (secondary N) is 2. The second kappa shape index (κ2) is 11.8. The molecule has 2 atom stereocenters. The second-order valence-corrected chi connectivity index (χ2v) is 10.9. The van der Waals surface area contributed by atoms with Gasteiger partial charge in [0.1, 0.15) is 35.0 Å². The van der Waals surface area contributed by atoms with Crippen LogP contribution in [0.15, 0.2) is 60.7 Å². The number of halogens is 1. The molecule has 1 saturated heterocycles. The van der Waals surface area contributed by atoms with Crippen molar-refractivity contribution < 1.29 is 28.2 Å². The molecule has 3 aromatic carbocycles. The quantitative estimate of drug-likeness (QED) is 0.359. The molecule has 3 aliphatic heterocycles. The van der Waals surface area contributed by atoms with Crippen LogP contribution in [0.25, 0.3) is 10.9 Å². The Kier molecular flexibility index (Phi) is 7.75. The minimum absolute atomic E-state index is 0.197. The first-order chi connectivity index (χ1) is 20.8. The van der Waals surface area contributed by atoms with Crippen molar-refractivity contribution in [1.82, 2.24) is 15.6 Å². The number of hydrogen-bond donors (Lipinski definition) is 2. The summed E-state index contributed by atoms with van der Waals surface area (Å²) in [7, 11) is 1.57. The van der Waals surface area contributed by atoms with Gasteiger partial charge in [0, 0.05) is 54.7 Å². The third-order valence-electron chi connectivity index (χ3n) is 7.99. The lowest BCUT2D eigenvalue weighted by molar-refractivity contribution is -0.123.